The summed E-state index contributed by atoms with van der Waals surface area (Å²) >= 11 is 1.56. The summed E-state index contributed by atoms with van der Waals surface area (Å²) in [5, 5.41) is 5.91. The van der Waals surface area contributed by atoms with Crippen molar-refractivity contribution in [2.75, 3.05) is 24.1 Å². The summed E-state index contributed by atoms with van der Waals surface area (Å²) in [4.78, 5) is 15.5. The van der Waals surface area contributed by atoms with Crippen molar-refractivity contribution in [2.24, 2.45) is 0 Å². The van der Waals surface area contributed by atoms with Gasteiger partial charge in [-0.15, -0.1) is 11.3 Å². The standard InChI is InChI=1S/C12H16N4OS/c1-2-14-10(17)5-6-15-8-3-4-9-12(11(8)13)16-7-18-9/h3-4,7,15H,2,5-6,13H2,1H3,(H,14,17). The lowest BCUT2D eigenvalue weighted by Crippen LogP contribution is -2.24. The number of benzene rings is 1. The molecule has 0 unspecified atom stereocenters. The van der Waals surface area contributed by atoms with Crippen LogP contribution in [0.25, 0.3) is 10.2 Å². The maximum absolute atomic E-state index is 11.3. The minimum atomic E-state index is 0.0401. The van der Waals surface area contributed by atoms with Crippen LogP contribution >= 0.6 is 11.3 Å². The van der Waals surface area contributed by atoms with E-state index in [1.54, 1.807) is 16.8 Å². The maximum atomic E-state index is 11.3. The summed E-state index contributed by atoms with van der Waals surface area (Å²) < 4.78 is 1.07. The second-order valence-electron chi connectivity index (χ2n) is 3.86. The topological polar surface area (TPSA) is 80.0 Å². The van der Waals surface area contributed by atoms with Gasteiger partial charge < -0.3 is 16.4 Å². The Morgan fingerprint density at radius 3 is 3.11 bits per heavy atom. The van der Waals surface area contributed by atoms with Crippen LogP contribution in [0, 0.1) is 0 Å². The Labute approximate surface area is 109 Å². The first-order valence-electron chi connectivity index (χ1n) is 5.84. The van der Waals surface area contributed by atoms with Gasteiger partial charge in [-0.3, -0.25) is 4.79 Å². The molecular formula is C12H16N4OS. The van der Waals surface area contributed by atoms with Crippen molar-refractivity contribution in [1.82, 2.24) is 10.3 Å². The first-order chi connectivity index (χ1) is 8.72. The lowest BCUT2D eigenvalue weighted by molar-refractivity contribution is -0.120. The zero-order valence-corrected chi connectivity index (χ0v) is 11.0. The minimum absolute atomic E-state index is 0.0401. The van der Waals surface area contributed by atoms with E-state index in [2.05, 4.69) is 15.6 Å². The first kappa shape index (κ1) is 12.6. The molecule has 2 rings (SSSR count). The van der Waals surface area contributed by atoms with Crippen molar-refractivity contribution >= 4 is 38.8 Å². The van der Waals surface area contributed by atoms with Crippen LogP contribution in [0.1, 0.15) is 13.3 Å². The van der Waals surface area contributed by atoms with E-state index in [1.165, 1.54) is 0 Å². The number of carbonyl (C=O) groups is 1. The molecule has 0 saturated carbocycles. The van der Waals surface area contributed by atoms with Crippen LogP contribution in [0.15, 0.2) is 17.6 Å². The highest BCUT2D eigenvalue weighted by Gasteiger charge is 2.07. The number of hydrogen-bond donors (Lipinski definition) is 3. The van der Waals surface area contributed by atoms with Crippen molar-refractivity contribution in [3.8, 4) is 0 Å². The molecule has 0 spiro atoms. The van der Waals surface area contributed by atoms with E-state index in [0.717, 1.165) is 15.9 Å². The summed E-state index contributed by atoms with van der Waals surface area (Å²) in [7, 11) is 0. The van der Waals surface area contributed by atoms with Gasteiger partial charge in [-0.2, -0.15) is 0 Å². The van der Waals surface area contributed by atoms with Gasteiger partial charge in [0.05, 0.1) is 21.6 Å². The normalized spacial score (nSPS) is 10.5. The third-order valence-electron chi connectivity index (χ3n) is 2.58. The van der Waals surface area contributed by atoms with E-state index < -0.39 is 0 Å². The molecule has 5 nitrogen and oxygen atoms in total. The highest BCUT2D eigenvalue weighted by atomic mass is 32.1. The molecule has 0 aliphatic rings. The van der Waals surface area contributed by atoms with Gasteiger partial charge in [-0.05, 0) is 19.1 Å². The number of anilines is 2. The van der Waals surface area contributed by atoms with Crippen molar-refractivity contribution in [3.05, 3.63) is 17.6 Å². The molecule has 4 N–H and O–H groups in total. The van der Waals surface area contributed by atoms with Gasteiger partial charge in [0.1, 0.15) is 5.52 Å². The predicted molar refractivity (Wildman–Crippen MR) is 75.8 cm³/mol. The highest BCUT2D eigenvalue weighted by molar-refractivity contribution is 7.16. The summed E-state index contributed by atoms with van der Waals surface area (Å²) in [5.41, 5.74) is 10.1. The average Bonchev–Trinajstić information content (AvgIpc) is 2.81. The van der Waals surface area contributed by atoms with Gasteiger partial charge in [0.2, 0.25) is 5.91 Å². The molecule has 0 atom stereocenters. The van der Waals surface area contributed by atoms with Crippen LogP contribution < -0.4 is 16.4 Å². The zero-order valence-electron chi connectivity index (χ0n) is 10.2. The molecule has 18 heavy (non-hydrogen) atoms. The quantitative estimate of drug-likeness (QED) is 0.720. The largest absolute Gasteiger partial charge is 0.395 e. The lowest BCUT2D eigenvalue weighted by atomic mass is 10.2. The molecule has 1 aromatic carbocycles. The van der Waals surface area contributed by atoms with Crippen molar-refractivity contribution in [2.45, 2.75) is 13.3 Å². The molecule has 6 heteroatoms. The van der Waals surface area contributed by atoms with Gasteiger partial charge in [0.25, 0.3) is 0 Å². The van der Waals surface area contributed by atoms with E-state index in [-0.39, 0.29) is 5.91 Å². The summed E-state index contributed by atoms with van der Waals surface area (Å²) in [5.74, 6) is 0.0401. The number of nitrogens with zero attached hydrogens (tertiary/aromatic N) is 1. The molecule has 1 amide bonds. The van der Waals surface area contributed by atoms with Gasteiger partial charge in [-0.25, -0.2) is 4.98 Å². The van der Waals surface area contributed by atoms with Gasteiger partial charge in [0, 0.05) is 19.5 Å². The van der Waals surface area contributed by atoms with E-state index in [1.807, 2.05) is 19.1 Å². The Kier molecular flexibility index (Phi) is 3.99. The van der Waals surface area contributed by atoms with Gasteiger partial charge in [0.15, 0.2) is 0 Å². The molecule has 0 saturated heterocycles. The van der Waals surface area contributed by atoms with E-state index in [9.17, 15) is 4.79 Å². The fourth-order valence-corrected chi connectivity index (χ4v) is 2.40. The maximum Gasteiger partial charge on any atom is 0.221 e. The van der Waals surface area contributed by atoms with Crippen LogP contribution in [0.5, 0.6) is 0 Å². The van der Waals surface area contributed by atoms with Crippen LogP contribution in [0.3, 0.4) is 0 Å². The number of fused-ring (bicyclic) bond motifs is 1. The third-order valence-corrected chi connectivity index (χ3v) is 3.38. The number of carbonyl (C=O) groups excluding carboxylic acids is 1. The van der Waals surface area contributed by atoms with Crippen molar-refractivity contribution in [3.63, 3.8) is 0 Å². The van der Waals surface area contributed by atoms with E-state index in [4.69, 9.17) is 5.73 Å². The number of nitrogen functional groups attached to an aromatic ring is 1. The molecular weight excluding hydrogens is 248 g/mol. The lowest BCUT2D eigenvalue weighted by Gasteiger charge is -2.09. The molecule has 0 bridgehead atoms. The number of nitrogens with one attached hydrogen (secondary N) is 2. The molecule has 0 aliphatic heterocycles. The minimum Gasteiger partial charge on any atom is -0.395 e. The second-order valence-corrected chi connectivity index (χ2v) is 4.74. The Morgan fingerprint density at radius 1 is 1.50 bits per heavy atom. The average molecular weight is 264 g/mol. The number of aromatic nitrogens is 1. The smallest absolute Gasteiger partial charge is 0.221 e. The summed E-state index contributed by atoms with van der Waals surface area (Å²) in [6.45, 7) is 3.12. The van der Waals surface area contributed by atoms with E-state index >= 15 is 0 Å². The highest BCUT2D eigenvalue weighted by Crippen LogP contribution is 2.29. The monoisotopic (exact) mass is 264 g/mol. The van der Waals surface area contributed by atoms with Crippen LogP contribution in [0.4, 0.5) is 11.4 Å². The van der Waals surface area contributed by atoms with Crippen LogP contribution in [0.2, 0.25) is 0 Å². The van der Waals surface area contributed by atoms with Gasteiger partial charge in [-0.1, -0.05) is 0 Å². The fraction of sp³-hybridized carbons (Fsp3) is 0.333. The number of hydrogen-bond acceptors (Lipinski definition) is 5. The van der Waals surface area contributed by atoms with Gasteiger partial charge >= 0.3 is 0 Å². The Bertz CT molecular complexity index is 552. The molecule has 0 fully saturated rings. The summed E-state index contributed by atoms with van der Waals surface area (Å²) in [6, 6.07) is 3.91. The zero-order chi connectivity index (χ0) is 13.0. The SMILES string of the molecule is CCNC(=O)CCNc1ccc2scnc2c1N. The van der Waals surface area contributed by atoms with E-state index in [0.29, 0.717) is 25.2 Å². The molecule has 0 radical (unpaired) electrons. The third kappa shape index (κ3) is 2.70. The number of amides is 1. The first-order valence-corrected chi connectivity index (χ1v) is 6.72. The number of rotatable bonds is 5. The molecule has 2 aromatic rings. The Balaban J connectivity index is 1.99. The van der Waals surface area contributed by atoms with Crippen LogP contribution in [-0.2, 0) is 4.79 Å². The molecule has 0 aliphatic carbocycles. The Morgan fingerprint density at radius 2 is 2.33 bits per heavy atom. The fourth-order valence-electron chi connectivity index (χ4n) is 1.70. The number of thiazole rings is 1. The predicted octanol–water partition coefficient (Wildman–Crippen LogP) is 1.82. The van der Waals surface area contributed by atoms with Crippen molar-refractivity contribution in [1.29, 1.82) is 0 Å². The van der Waals surface area contributed by atoms with Crippen LogP contribution in [-0.4, -0.2) is 24.0 Å². The Hall–Kier alpha value is -1.82. The second kappa shape index (κ2) is 5.68. The van der Waals surface area contributed by atoms with Crippen molar-refractivity contribution < 1.29 is 4.79 Å². The molecule has 1 aromatic heterocycles. The molecule has 96 valence electrons. The molecule has 1 heterocycles. The number of nitrogens with two attached hydrogens (primary N) is 1. The summed E-state index contributed by atoms with van der Waals surface area (Å²) in [6.07, 6.45) is 0.433.